The highest BCUT2D eigenvalue weighted by Gasteiger charge is 2.24. The SMILES string of the molecule is COCC(=O)N1CCN(C(=O)Cn2cc3cc(CC(=O)OC(C)(C)C)c(C)cc3n2)CC1. The van der Waals surface area contributed by atoms with Gasteiger partial charge in [0.05, 0.1) is 11.9 Å². The number of hydrogen-bond acceptors (Lipinski definition) is 6. The van der Waals surface area contributed by atoms with E-state index in [4.69, 9.17) is 9.47 Å². The normalized spacial score (nSPS) is 14.7. The van der Waals surface area contributed by atoms with Gasteiger partial charge in [0.2, 0.25) is 11.8 Å². The predicted octanol–water partition coefficient (Wildman–Crippen LogP) is 1.55. The van der Waals surface area contributed by atoms with Crippen LogP contribution in [-0.2, 0) is 36.8 Å². The second-order valence-corrected chi connectivity index (χ2v) is 9.12. The summed E-state index contributed by atoms with van der Waals surface area (Å²) in [4.78, 5) is 40.3. The molecule has 2 aromatic rings. The minimum absolute atomic E-state index is 0.0395. The number of esters is 1. The number of methoxy groups -OCH3 is 1. The maximum absolute atomic E-state index is 12.7. The Balaban J connectivity index is 1.63. The first kappa shape index (κ1) is 23.7. The van der Waals surface area contributed by atoms with Crippen LogP contribution in [0.2, 0.25) is 0 Å². The second-order valence-electron chi connectivity index (χ2n) is 9.12. The summed E-state index contributed by atoms with van der Waals surface area (Å²) >= 11 is 0. The van der Waals surface area contributed by atoms with E-state index in [1.165, 1.54) is 7.11 Å². The molecule has 1 fully saturated rings. The Hall–Kier alpha value is -2.94. The zero-order valence-electron chi connectivity index (χ0n) is 19.5. The fourth-order valence-electron chi connectivity index (χ4n) is 3.74. The van der Waals surface area contributed by atoms with E-state index >= 15 is 0 Å². The van der Waals surface area contributed by atoms with E-state index in [2.05, 4.69) is 5.10 Å². The lowest BCUT2D eigenvalue weighted by Gasteiger charge is -2.34. The molecule has 0 bridgehead atoms. The molecule has 32 heavy (non-hydrogen) atoms. The number of fused-ring (bicyclic) bond motifs is 1. The molecule has 0 aliphatic carbocycles. The Labute approximate surface area is 188 Å². The van der Waals surface area contributed by atoms with Crippen LogP contribution >= 0.6 is 0 Å². The third-order valence-electron chi connectivity index (χ3n) is 5.31. The molecular formula is C23H32N4O5. The van der Waals surface area contributed by atoms with Crippen LogP contribution < -0.4 is 0 Å². The summed E-state index contributed by atoms with van der Waals surface area (Å²) in [5, 5.41) is 5.40. The summed E-state index contributed by atoms with van der Waals surface area (Å²) < 4.78 is 11.9. The number of aromatic nitrogens is 2. The van der Waals surface area contributed by atoms with E-state index in [9.17, 15) is 14.4 Å². The van der Waals surface area contributed by atoms with E-state index < -0.39 is 5.60 Å². The minimum atomic E-state index is -0.525. The molecule has 0 unspecified atom stereocenters. The first-order valence-electron chi connectivity index (χ1n) is 10.8. The fraction of sp³-hybridized carbons (Fsp3) is 0.565. The lowest BCUT2D eigenvalue weighted by atomic mass is 10.0. The standard InChI is InChI=1S/C23H32N4O5/c1-16-10-19-18(11-17(16)12-22(30)32-23(2,3)4)13-27(24-19)14-20(28)25-6-8-26(9-7-25)21(29)15-31-5/h10-11,13H,6-9,12,14-15H2,1-5H3. The van der Waals surface area contributed by atoms with Gasteiger partial charge in [0.1, 0.15) is 18.8 Å². The van der Waals surface area contributed by atoms with Gasteiger partial charge < -0.3 is 19.3 Å². The number of piperazine rings is 1. The lowest BCUT2D eigenvalue weighted by molar-refractivity contribution is -0.154. The van der Waals surface area contributed by atoms with Gasteiger partial charge in [0, 0.05) is 44.9 Å². The van der Waals surface area contributed by atoms with Gasteiger partial charge in [-0.25, -0.2) is 0 Å². The number of hydrogen-bond donors (Lipinski definition) is 0. The van der Waals surface area contributed by atoms with E-state index in [0.29, 0.717) is 26.2 Å². The van der Waals surface area contributed by atoms with Crippen LogP contribution in [0.3, 0.4) is 0 Å². The Bertz CT molecular complexity index is 1000. The van der Waals surface area contributed by atoms with Crippen molar-refractivity contribution in [3.05, 3.63) is 29.5 Å². The van der Waals surface area contributed by atoms with Gasteiger partial charge in [0.15, 0.2) is 0 Å². The lowest BCUT2D eigenvalue weighted by Crippen LogP contribution is -2.52. The number of aryl methyl sites for hydroxylation is 1. The molecule has 2 amide bonds. The van der Waals surface area contributed by atoms with Gasteiger partial charge >= 0.3 is 5.97 Å². The summed E-state index contributed by atoms with van der Waals surface area (Å²) in [5.74, 6) is -0.372. The Morgan fingerprint density at radius 1 is 1.03 bits per heavy atom. The largest absolute Gasteiger partial charge is 0.460 e. The Morgan fingerprint density at radius 2 is 1.66 bits per heavy atom. The van der Waals surface area contributed by atoms with Crippen LogP contribution in [-0.4, -0.2) is 82.9 Å². The molecule has 1 aromatic heterocycles. The van der Waals surface area contributed by atoms with Crippen LogP contribution in [0.25, 0.3) is 10.9 Å². The van der Waals surface area contributed by atoms with Crippen molar-refractivity contribution in [3.63, 3.8) is 0 Å². The molecule has 9 heteroatoms. The van der Waals surface area contributed by atoms with Crippen molar-refractivity contribution in [1.82, 2.24) is 19.6 Å². The highest BCUT2D eigenvalue weighted by molar-refractivity contribution is 5.83. The molecule has 1 aromatic carbocycles. The highest BCUT2D eigenvalue weighted by Crippen LogP contribution is 2.21. The monoisotopic (exact) mass is 444 g/mol. The van der Waals surface area contributed by atoms with E-state index in [1.54, 1.807) is 14.5 Å². The molecule has 1 saturated heterocycles. The summed E-state index contributed by atoms with van der Waals surface area (Å²) in [6, 6.07) is 3.86. The maximum Gasteiger partial charge on any atom is 0.310 e. The first-order valence-corrected chi connectivity index (χ1v) is 10.8. The molecule has 9 nitrogen and oxygen atoms in total. The zero-order valence-corrected chi connectivity index (χ0v) is 19.5. The topological polar surface area (TPSA) is 94.0 Å². The van der Waals surface area contributed by atoms with Crippen LogP contribution in [0.15, 0.2) is 18.3 Å². The zero-order chi connectivity index (χ0) is 23.5. The van der Waals surface area contributed by atoms with Gasteiger partial charge in [-0.3, -0.25) is 19.1 Å². The van der Waals surface area contributed by atoms with Crippen molar-refractivity contribution in [2.75, 3.05) is 39.9 Å². The number of benzene rings is 1. The number of rotatable bonds is 6. The van der Waals surface area contributed by atoms with Gasteiger partial charge in [-0.2, -0.15) is 5.10 Å². The number of carbonyl (C=O) groups is 3. The average molecular weight is 445 g/mol. The molecule has 0 spiro atoms. The maximum atomic E-state index is 12.7. The van der Waals surface area contributed by atoms with E-state index in [-0.39, 0.29) is 37.4 Å². The van der Waals surface area contributed by atoms with Crippen molar-refractivity contribution in [3.8, 4) is 0 Å². The van der Waals surface area contributed by atoms with Gasteiger partial charge in [-0.05, 0) is 51.0 Å². The van der Waals surface area contributed by atoms with E-state index in [0.717, 1.165) is 22.0 Å². The summed E-state index contributed by atoms with van der Waals surface area (Å²) in [6.45, 7) is 9.66. The summed E-state index contributed by atoms with van der Waals surface area (Å²) in [6.07, 6.45) is 2.01. The van der Waals surface area contributed by atoms with Crippen molar-refractivity contribution in [2.45, 2.75) is 46.3 Å². The molecule has 0 saturated carbocycles. The number of amides is 2. The number of nitrogens with zero attached hydrogens (tertiary/aromatic N) is 4. The predicted molar refractivity (Wildman–Crippen MR) is 119 cm³/mol. The Kier molecular flexibility index (Phi) is 7.18. The highest BCUT2D eigenvalue weighted by atomic mass is 16.6. The van der Waals surface area contributed by atoms with Crippen molar-refractivity contribution in [2.24, 2.45) is 0 Å². The number of ether oxygens (including phenoxy) is 2. The van der Waals surface area contributed by atoms with Crippen LogP contribution in [0.4, 0.5) is 0 Å². The quantitative estimate of drug-likeness (QED) is 0.628. The smallest absolute Gasteiger partial charge is 0.310 e. The molecule has 0 N–H and O–H groups in total. The molecule has 3 rings (SSSR count). The van der Waals surface area contributed by atoms with Gasteiger partial charge in [0.25, 0.3) is 0 Å². The van der Waals surface area contributed by atoms with Crippen LogP contribution in [0.5, 0.6) is 0 Å². The number of carbonyl (C=O) groups excluding carboxylic acids is 3. The van der Waals surface area contributed by atoms with Gasteiger partial charge in [-0.1, -0.05) is 0 Å². The van der Waals surface area contributed by atoms with Crippen LogP contribution in [0.1, 0.15) is 31.9 Å². The molecular weight excluding hydrogens is 412 g/mol. The fourth-order valence-corrected chi connectivity index (χ4v) is 3.74. The summed E-state index contributed by atoms with van der Waals surface area (Å²) in [5.41, 5.74) is 2.09. The minimum Gasteiger partial charge on any atom is -0.460 e. The van der Waals surface area contributed by atoms with Crippen molar-refractivity contribution < 1.29 is 23.9 Å². The summed E-state index contributed by atoms with van der Waals surface area (Å²) in [7, 11) is 1.49. The molecule has 1 aliphatic rings. The third-order valence-corrected chi connectivity index (χ3v) is 5.31. The molecule has 2 heterocycles. The Morgan fingerprint density at radius 3 is 2.25 bits per heavy atom. The molecule has 174 valence electrons. The van der Waals surface area contributed by atoms with E-state index in [1.807, 2.05) is 46.0 Å². The molecule has 1 aliphatic heterocycles. The average Bonchev–Trinajstić information content (AvgIpc) is 3.07. The molecule has 0 atom stereocenters. The third kappa shape index (κ3) is 6.06. The van der Waals surface area contributed by atoms with Crippen molar-refractivity contribution in [1.29, 1.82) is 0 Å². The van der Waals surface area contributed by atoms with Crippen molar-refractivity contribution >= 4 is 28.7 Å². The first-order chi connectivity index (χ1) is 15.1. The van der Waals surface area contributed by atoms with Gasteiger partial charge in [-0.15, -0.1) is 0 Å². The second kappa shape index (κ2) is 9.68. The molecule has 0 radical (unpaired) electrons. The van der Waals surface area contributed by atoms with Crippen LogP contribution in [0, 0.1) is 6.92 Å².